The molecule has 0 aliphatic heterocycles. The van der Waals surface area contributed by atoms with E-state index in [0.29, 0.717) is 6.54 Å². The molecule has 1 rings (SSSR count). The lowest BCUT2D eigenvalue weighted by atomic mass is 10.2. The highest BCUT2D eigenvalue weighted by Gasteiger charge is 2.12. The number of benzene rings is 1. The van der Waals surface area contributed by atoms with Gasteiger partial charge in [-0.3, -0.25) is 9.80 Å². The van der Waals surface area contributed by atoms with Gasteiger partial charge in [0.25, 0.3) is 0 Å². The molecule has 5 nitrogen and oxygen atoms in total. The van der Waals surface area contributed by atoms with Gasteiger partial charge < -0.3 is 4.74 Å². The number of rotatable bonds is 6. The Kier molecular flexibility index (Phi) is 7.17. The molecule has 1 aromatic rings. The van der Waals surface area contributed by atoms with Crippen molar-refractivity contribution in [3.05, 3.63) is 42.8 Å². The molecule has 0 aliphatic carbocycles. The van der Waals surface area contributed by atoms with E-state index in [9.17, 15) is 9.59 Å². The Morgan fingerprint density at radius 3 is 2.55 bits per heavy atom. The van der Waals surface area contributed by atoms with Gasteiger partial charge >= 0.3 is 6.09 Å². The molecule has 1 N–H and O–H groups in total. The Morgan fingerprint density at radius 2 is 1.95 bits per heavy atom. The summed E-state index contributed by atoms with van der Waals surface area (Å²) >= 11 is 0. The monoisotopic (exact) mass is 277 g/mol. The lowest BCUT2D eigenvalue weighted by molar-refractivity contribution is -0.131. The van der Waals surface area contributed by atoms with Gasteiger partial charge in [0.05, 0.1) is 0 Å². The van der Waals surface area contributed by atoms with Gasteiger partial charge in [0.15, 0.2) is 0 Å². The van der Waals surface area contributed by atoms with Gasteiger partial charge in [-0.2, -0.15) is 0 Å². The first kappa shape index (κ1) is 16.0. The number of nitrogens with zero attached hydrogens (tertiary/aromatic N) is 1. The molecule has 0 saturated carbocycles. The number of carbonyl (C=O) groups excluding carboxylic acids is 2. The van der Waals surface area contributed by atoms with Gasteiger partial charge in [0.1, 0.15) is 6.61 Å². The smallest absolute Gasteiger partial charge is 0.426 e. The van der Waals surface area contributed by atoms with Crippen LogP contribution in [-0.4, -0.2) is 23.6 Å². The number of hydrogen-bond acceptors (Lipinski definition) is 3. The Hall–Kier alpha value is -2.04. The van der Waals surface area contributed by atoms with Crippen molar-refractivity contribution in [3.63, 3.8) is 0 Å². The summed E-state index contributed by atoms with van der Waals surface area (Å²) in [6.45, 7) is 5.78. The summed E-state index contributed by atoms with van der Waals surface area (Å²) in [6, 6.07) is 9.37. The Morgan fingerprint density at radius 1 is 1.25 bits per heavy atom. The third-order valence-electron chi connectivity index (χ3n) is 2.70. The van der Waals surface area contributed by atoms with E-state index in [1.807, 2.05) is 30.3 Å². The van der Waals surface area contributed by atoms with E-state index in [1.165, 1.54) is 11.9 Å². The third kappa shape index (κ3) is 6.22. The van der Waals surface area contributed by atoms with Crippen LogP contribution in [0.25, 0.3) is 0 Å². The molecule has 0 spiro atoms. The Labute approximate surface area is 119 Å². The number of hydrogen-bond donors (Lipinski definition) is 1. The fourth-order valence-corrected chi connectivity index (χ4v) is 1.60. The molecule has 2 amide bonds. The molecule has 5 heteroatoms. The molecular weight excluding hydrogens is 256 g/mol. The number of ether oxygens (including phenoxy) is 1. The molecular formula is C15H21N2O3. The van der Waals surface area contributed by atoms with Crippen LogP contribution < -0.4 is 5.43 Å². The van der Waals surface area contributed by atoms with E-state index in [2.05, 4.69) is 12.3 Å². The number of nitrogens with one attached hydrogen (secondary N) is 1. The minimum atomic E-state index is -0.626. The topological polar surface area (TPSA) is 58.6 Å². The van der Waals surface area contributed by atoms with Crippen molar-refractivity contribution in [2.45, 2.75) is 32.8 Å². The zero-order valence-electron chi connectivity index (χ0n) is 11.8. The minimum absolute atomic E-state index is 0.178. The highest BCUT2D eigenvalue weighted by Crippen LogP contribution is 2.01. The van der Waals surface area contributed by atoms with E-state index in [1.54, 1.807) is 0 Å². The van der Waals surface area contributed by atoms with Crippen LogP contribution in [0.2, 0.25) is 0 Å². The highest BCUT2D eigenvalue weighted by atomic mass is 16.6. The fraction of sp³-hybridized carbons (Fsp3) is 0.400. The molecule has 20 heavy (non-hydrogen) atoms. The summed E-state index contributed by atoms with van der Waals surface area (Å²) in [6.07, 6.45) is 1.88. The quantitative estimate of drug-likeness (QED) is 0.642. The molecule has 0 aromatic heterocycles. The van der Waals surface area contributed by atoms with Crippen LogP contribution in [0.4, 0.5) is 4.79 Å². The van der Waals surface area contributed by atoms with Gasteiger partial charge in [-0.25, -0.2) is 10.2 Å². The molecule has 0 aliphatic rings. The molecule has 1 aromatic carbocycles. The normalized spacial score (nSPS) is 9.90. The second kappa shape index (κ2) is 8.96. The van der Waals surface area contributed by atoms with Crippen LogP contribution in [0.3, 0.4) is 0 Å². The maximum Gasteiger partial charge on any atom is 0.426 e. The van der Waals surface area contributed by atoms with Gasteiger partial charge in [0, 0.05) is 13.5 Å². The van der Waals surface area contributed by atoms with Gasteiger partial charge in [-0.15, -0.1) is 0 Å². The van der Waals surface area contributed by atoms with Gasteiger partial charge in [0.2, 0.25) is 5.91 Å². The van der Waals surface area contributed by atoms with E-state index in [0.717, 1.165) is 24.8 Å². The van der Waals surface area contributed by atoms with Crippen molar-refractivity contribution < 1.29 is 14.3 Å². The van der Waals surface area contributed by atoms with Crippen molar-refractivity contribution in [3.8, 4) is 0 Å². The van der Waals surface area contributed by atoms with Crippen LogP contribution in [0.5, 0.6) is 0 Å². The summed E-state index contributed by atoms with van der Waals surface area (Å²) in [5.74, 6) is -0.217. The first-order chi connectivity index (χ1) is 9.63. The van der Waals surface area contributed by atoms with Crippen LogP contribution in [0.15, 0.2) is 30.3 Å². The fourth-order valence-electron chi connectivity index (χ4n) is 1.60. The molecule has 0 saturated heterocycles. The van der Waals surface area contributed by atoms with Gasteiger partial charge in [-0.1, -0.05) is 50.1 Å². The molecule has 0 unspecified atom stereocenters. The maximum atomic E-state index is 11.6. The Balaban J connectivity index is 2.36. The zero-order valence-corrected chi connectivity index (χ0v) is 11.8. The van der Waals surface area contributed by atoms with Crippen LogP contribution in [-0.2, 0) is 16.1 Å². The van der Waals surface area contributed by atoms with Crippen LogP contribution in [0, 0.1) is 6.92 Å². The summed E-state index contributed by atoms with van der Waals surface area (Å²) in [7, 11) is 0. The third-order valence-corrected chi connectivity index (χ3v) is 2.70. The number of hydrazine groups is 1. The predicted octanol–water partition coefficient (Wildman–Crippen LogP) is 2.68. The van der Waals surface area contributed by atoms with E-state index in [4.69, 9.17) is 4.74 Å². The largest absolute Gasteiger partial charge is 0.443 e. The van der Waals surface area contributed by atoms with Crippen LogP contribution in [0.1, 0.15) is 31.7 Å². The van der Waals surface area contributed by atoms with Gasteiger partial charge in [-0.05, 0) is 12.0 Å². The summed E-state index contributed by atoms with van der Waals surface area (Å²) in [5, 5.41) is 1.27. The van der Waals surface area contributed by atoms with Crippen molar-refractivity contribution in [2.24, 2.45) is 0 Å². The SMILES string of the molecule is [CH2]CCCCN(NC(=O)OCc1ccccc1)C(C)=O. The summed E-state index contributed by atoms with van der Waals surface area (Å²) in [4.78, 5) is 23.0. The molecule has 1 radical (unpaired) electrons. The first-order valence-corrected chi connectivity index (χ1v) is 6.68. The number of unbranched alkanes of at least 4 members (excludes halogenated alkanes) is 2. The molecule has 0 fully saturated rings. The summed E-state index contributed by atoms with van der Waals surface area (Å²) < 4.78 is 5.06. The number of carbonyl (C=O) groups is 2. The average molecular weight is 277 g/mol. The molecule has 109 valence electrons. The average Bonchev–Trinajstić information content (AvgIpc) is 2.45. The van der Waals surface area contributed by atoms with Crippen molar-refractivity contribution in [1.29, 1.82) is 0 Å². The summed E-state index contributed by atoms with van der Waals surface area (Å²) in [5.41, 5.74) is 3.35. The molecule has 0 bridgehead atoms. The lowest BCUT2D eigenvalue weighted by Crippen LogP contribution is -2.45. The van der Waals surface area contributed by atoms with Crippen LogP contribution >= 0.6 is 0 Å². The zero-order chi connectivity index (χ0) is 14.8. The van der Waals surface area contributed by atoms with Crippen molar-refractivity contribution in [1.82, 2.24) is 10.4 Å². The van der Waals surface area contributed by atoms with E-state index in [-0.39, 0.29) is 12.5 Å². The first-order valence-electron chi connectivity index (χ1n) is 6.68. The van der Waals surface area contributed by atoms with Crippen molar-refractivity contribution in [2.75, 3.05) is 6.54 Å². The van der Waals surface area contributed by atoms with E-state index >= 15 is 0 Å². The second-order valence-corrected chi connectivity index (χ2v) is 4.40. The highest BCUT2D eigenvalue weighted by molar-refractivity contribution is 5.77. The molecule has 0 heterocycles. The predicted molar refractivity (Wildman–Crippen MR) is 76.4 cm³/mol. The minimum Gasteiger partial charge on any atom is -0.443 e. The van der Waals surface area contributed by atoms with E-state index < -0.39 is 6.09 Å². The standard InChI is InChI=1S/C15H21N2O3/c1-3-4-8-11-17(13(2)18)16-15(19)20-12-14-9-6-5-7-10-14/h5-7,9-10H,1,3-4,8,11-12H2,2H3,(H,16,19). The number of amides is 2. The second-order valence-electron chi connectivity index (χ2n) is 4.40. The molecule has 0 atom stereocenters. The van der Waals surface area contributed by atoms with Crippen molar-refractivity contribution >= 4 is 12.0 Å². The Bertz CT molecular complexity index is 420. The maximum absolute atomic E-state index is 11.6. The lowest BCUT2D eigenvalue weighted by Gasteiger charge is -2.21.